The molecule has 1 aromatic heterocycles. The Balaban J connectivity index is 2.23. The van der Waals surface area contributed by atoms with Gasteiger partial charge in [-0.15, -0.1) is 0 Å². The molecule has 1 heterocycles. The maximum absolute atomic E-state index is 6.14. The van der Waals surface area contributed by atoms with Crippen molar-refractivity contribution in [2.45, 2.75) is 19.4 Å². The lowest BCUT2D eigenvalue weighted by Crippen LogP contribution is -2.30. The quantitative estimate of drug-likeness (QED) is 0.655. The Labute approximate surface area is 111 Å². The van der Waals surface area contributed by atoms with Crippen molar-refractivity contribution in [2.75, 3.05) is 0 Å². The first-order valence-corrected chi connectivity index (χ1v) is 6.07. The van der Waals surface area contributed by atoms with E-state index in [0.29, 0.717) is 6.42 Å². The van der Waals surface area contributed by atoms with Crippen molar-refractivity contribution >= 4 is 11.6 Å². The number of rotatable bonds is 4. The van der Waals surface area contributed by atoms with Crippen LogP contribution in [0.15, 0.2) is 36.5 Å². The van der Waals surface area contributed by atoms with Gasteiger partial charge in [0, 0.05) is 11.2 Å². The van der Waals surface area contributed by atoms with Crippen LogP contribution in [0.5, 0.6) is 0 Å². The molecular formula is C13H15ClN4. The molecule has 4 nitrogen and oxygen atoms in total. The Morgan fingerprint density at radius 1 is 1.33 bits per heavy atom. The standard InChI is InChI=1S/C13H15ClN4/c1-9-16-7-6-12(17-9)13(18-15)8-10-4-2-3-5-11(10)14/h2-7,13,18H,8,15H2,1H3. The second kappa shape index (κ2) is 5.91. The average Bonchev–Trinajstić information content (AvgIpc) is 2.38. The van der Waals surface area contributed by atoms with Crippen LogP contribution in [0, 0.1) is 6.92 Å². The van der Waals surface area contributed by atoms with Gasteiger partial charge in [0.25, 0.3) is 0 Å². The summed E-state index contributed by atoms with van der Waals surface area (Å²) in [6.07, 6.45) is 2.42. The molecule has 5 heteroatoms. The molecule has 1 unspecified atom stereocenters. The SMILES string of the molecule is Cc1nccc(C(Cc2ccccc2Cl)NN)n1. The van der Waals surface area contributed by atoms with E-state index in [1.807, 2.05) is 37.3 Å². The molecule has 2 rings (SSSR count). The van der Waals surface area contributed by atoms with Gasteiger partial charge in [-0.2, -0.15) is 0 Å². The highest BCUT2D eigenvalue weighted by molar-refractivity contribution is 6.31. The number of halogens is 1. The van der Waals surface area contributed by atoms with E-state index < -0.39 is 0 Å². The topological polar surface area (TPSA) is 63.8 Å². The summed E-state index contributed by atoms with van der Waals surface area (Å²) in [5.41, 5.74) is 4.68. The third-order valence-electron chi connectivity index (χ3n) is 2.74. The average molecular weight is 263 g/mol. The van der Waals surface area contributed by atoms with Crippen molar-refractivity contribution in [1.29, 1.82) is 0 Å². The van der Waals surface area contributed by atoms with Crippen LogP contribution in [0.25, 0.3) is 0 Å². The predicted octanol–water partition coefficient (Wildman–Crippen LogP) is 2.19. The first-order valence-electron chi connectivity index (χ1n) is 5.70. The van der Waals surface area contributed by atoms with Crippen LogP contribution in [-0.2, 0) is 6.42 Å². The minimum absolute atomic E-state index is 0.0772. The highest BCUT2D eigenvalue weighted by atomic mass is 35.5. The van der Waals surface area contributed by atoms with E-state index in [1.165, 1.54) is 0 Å². The summed E-state index contributed by atoms with van der Waals surface area (Å²) >= 11 is 6.14. The van der Waals surface area contributed by atoms with Gasteiger partial charge in [0.15, 0.2) is 0 Å². The van der Waals surface area contributed by atoms with E-state index in [1.54, 1.807) is 6.20 Å². The highest BCUT2D eigenvalue weighted by Crippen LogP contribution is 2.21. The fraction of sp³-hybridized carbons (Fsp3) is 0.231. The molecule has 0 aliphatic carbocycles. The van der Waals surface area contributed by atoms with Gasteiger partial charge in [-0.25, -0.2) is 9.97 Å². The summed E-state index contributed by atoms with van der Waals surface area (Å²) in [4.78, 5) is 8.45. The zero-order valence-electron chi connectivity index (χ0n) is 10.1. The number of nitrogens with zero attached hydrogens (tertiary/aromatic N) is 2. The number of benzene rings is 1. The zero-order valence-corrected chi connectivity index (χ0v) is 10.9. The van der Waals surface area contributed by atoms with E-state index in [0.717, 1.165) is 22.1 Å². The maximum atomic E-state index is 6.14. The van der Waals surface area contributed by atoms with Gasteiger partial charge in [0.1, 0.15) is 5.82 Å². The molecule has 3 N–H and O–H groups in total. The summed E-state index contributed by atoms with van der Waals surface area (Å²) in [7, 11) is 0. The molecule has 0 saturated heterocycles. The Kier molecular flexibility index (Phi) is 4.25. The van der Waals surface area contributed by atoms with Crippen LogP contribution < -0.4 is 11.3 Å². The molecule has 0 bridgehead atoms. The molecule has 1 atom stereocenters. The molecule has 0 saturated carbocycles. The van der Waals surface area contributed by atoms with Crippen molar-refractivity contribution in [3.05, 3.63) is 58.6 Å². The Morgan fingerprint density at radius 2 is 2.11 bits per heavy atom. The second-order valence-corrected chi connectivity index (χ2v) is 4.45. The fourth-order valence-corrected chi connectivity index (χ4v) is 2.01. The van der Waals surface area contributed by atoms with Gasteiger partial charge in [0.05, 0.1) is 11.7 Å². The lowest BCUT2D eigenvalue weighted by Gasteiger charge is -2.16. The predicted molar refractivity (Wildman–Crippen MR) is 72.0 cm³/mol. The molecule has 0 aliphatic heterocycles. The summed E-state index contributed by atoms with van der Waals surface area (Å²) in [5, 5.41) is 0.739. The summed E-state index contributed by atoms with van der Waals surface area (Å²) in [6, 6.07) is 9.50. The van der Waals surface area contributed by atoms with Crippen LogP contribution in [0.1, 0.15) is 23.1 Å². The minimum atomic E-state index is -0.0772. The third kappa shape index (κ3) is 3.04. The molecule has 0 fully saturated rings. The Morgan fingerprint density at radius 3 is 2.78 bits per heavy atom. The van der Waals surface area contributed by atoms with Crippen LogP contribution >= 0.6 is 11.6 Å². The van der Waals surface area contributed by atoms with Crippen molar-refractivity contribution in [2.24, 2.45) is 5.84 Å². The molecule has 0 spiro atoms. The van der Waals surface area contributed by atoms with Gasteiger partial charge in [-0.3, -0.25) is 11.3 Å². The van der Waals surface area contributed by atoms with Gasteiger partial charge >= 0.3 is 0 Å². The first kappa shape index (κ1) is 13.0. The van der Waals surface area contributed by atoms with Crippen LogP contribution in [-0.4, -0.2) is 9.97 Å². The van der Waals surface area contributed by atoms with Crippen molar-refractivity contribution in [3.63, 3.8) is 0 Å². The van der Waals surface area contributed by atoms with E-state index in [2.05, 4.69) is 15.4 Å². The first-order chi connectivity index (χ1) is 8.70. The number of hydrazine groups is 1. The van der Waals surface area contributed by atoms with Crippen molar-refractivity contribution in [3.8, 4) is 0 Å². The second-order valence-electron chi connectivity index (χ2n) is 4.04. The third-order valence-corrected chi connectivity index (χ3v) is 3.11. The number of nitrogens with one attached hydrogen (secondary N) is 1. The van der Waals surface area contributed by atoms with Gasteiger partial charge in [0.2, 0.25) is 0 Å². The van der Waals surface area contributed by atoms with Gasteiger partial charge in [-0.05, 0) is 31.0 Å². The largest absolute Gasteiger partial charge is 0.271 e. The number of aromatic nitrogens is 2. The number of hydrogen-bond acceptors (Lipinski definition) is 4. The number of hydrogen-bond donors (Lipinski definition) is 2. The van der Waals surface area contributed by atoms with Gasteiger partial charge in [-0.1, -0.05) is 29.8 Å². The van der Waals surface area contributed by atoms with E-state index in [-0.39, 0.29) is 6.04 Å². The molecule has 94 valence electrons. The summed E-state index contributed by atoms with van der Waals surface area (Å²) in [6.45, 7) is 1.85. The smallest absolute Gasteiger partial charge is 0.125 e. The molecule has 2 aromatic rings. The van der Waals surface area contributed by atoms with Crippen LogP contribution in [0.4, 0.5) is 0 Å². The van der Waals surface area contributed by atoms with E-state index in [4.69, 9.17) is 17.4 Å². The normalized spacial score (nSPS) is 12.4. The van der Waals surface area contributed by atoms with Crippen molar-refractivity contribution < 1.29 is 0 Å². The number of nitrogens with two attached hydrogens (primary N) is 1. The lowest BCUT2D eigenvalue weighted by molar-refractivity contribution is 0.535. The van der Waals surface area contributed by atoms with E-state index in [9.17, 15) is 0 Å². The zero-order chi connectivity index (χ0) is 13.0. The maximum Gasteiger partial charge on any atom is 0.125 e. The fourth-order valence-electron chi connectivity index (χ4n) is 1.80. The molecular weight excluding hydrogens is 248 g/mol. The molecule has 0 amide bonds. The molecule has 0 aliphatic rings. The van der Waals surface area contributed by atoms with Crippen molar-refractivity contribution in [1.82, 2.24) is 15.4 Å². The minimum Gasteiger partial charge on any atom is -0.271 e. The number of aryl methyl sites for hydroxylation is 1. The Bertz CT molecular complexity index is 530. The molecule has 18 heavy (non-hydrogen) atoms. The summed E-state index contributed by atoms with van der Waals surface area (Å²) in [5.74, 6) is 6.33. The van der Waals surface area contributed by atoms with Crippen LogP contribution in [0.3, 0.4) is 0 Å². The monoisotopic (exact) mass is 262 g/mol. The molecule has 1 aromatic carbocycles. The molecule has 0 radical (unpaired) electrons. The lowest BCUT2D eigenvalue weighted by atomic mass is 10.0. The summed E-state index contributed by atoms with van der Waals surface area (Å²) < 4.78 is 0. The Hall–Kier alpha value is -1.49. The van der Waals surface area contributed by atoms with Crippen LogP contribution in [0.2, 0.25) is 5.02 Å². The van der Waals surface area contributed by atoms with Gasteiger partial charge < -0.3 is 0 Å². The van der Waals surface area contributed by atoms with E-state index >= 15 is 0 Å². The highest BCUT2D eigenvalue weighted by Gasteiger charge is 2.13.